The molecule has 0 aliphatic carbocycles. The Morgan fingerprint density at radius 1 is 0.875 bits per heavy atom. The van der Waals surface area contributed by atoms with E-state index in [9.17, 15) is 0 Å². The molecule has 0 radical (unpaired) electrons. The highest BCUT2D eigenvalue weighted by Gasteiger charge is 1.93. The van der Waals surface area contributed by atoms with E-state index in [1.807, 2.05) is 6.08 Å². The van der Waals surface area contributed by atoms with Crippen LogP contribution in [0.1, 0.15) is 71.6 Å². The van der Waals surface area contributed by atoms with Gasteiger partial charge >= 0.3 is 0 Å². The first-order chi connectivity index (χ1) is 7.77. The molecule has 0 aliphatic rings. The van der Waals surface area contributed by atoms with Crippen LogP contribution in [0.5, 0.6) is 0 Å². The normalized spacial score (nSPS) is 10.9. The minimum absolute atomic E-state index is 0.643. The molecule has 0 amide bonds. The summed E-state index contributed by atoms with van der Waals surface area (Å²) >= 11 is 0. The van der Waals surface area contributed by atoms with Crippen LogP contribution in [0.15, 0.2) is 12.7 Å². The van der Waals surface area contributed by atoms with E-state index in [-0.39, 0.29) is 0 Å². The molecule has 16 heavy (non-hydrogen) atoms. The molecule has 0 saturated heterocycles. The number of unbranched alkanes of at least 4 members (excludes halogenated alkanes) is 8. The van der Waals surface area contributed by atoms with Gasteiger partial charge in [-0.3, -0.25) is 0 Å². The molecular formula is C15H31N. The van der Waals surface area contributed by atoms with E-state index in [1.54, 1.807) is 0 Å². The molecule has 0 rings (SSSR count). The molecule has 0 unspecified atom stereocenters. The third kappa shape index (κ3) is 13.7. The Bertz CT molecular complexity index is 140. The summed E-state index contributed by atoms with van der Waals surface area (Å²) in [5.41, 5.74) is 0. The SMILES string of the molecule is C=CCCCCCCCCCCNC(C)C. The molecule has 1 nitrogen and oxygen atoms in total. The average molecular weight is 225 g/mol. The Morgan fingerprint density at radius 2 is 1.38 bits per heavy atom. The second-order valence-electron chi connectivity index (χ2n) is 5.01. The van der Waals surface area contributed by atoms with Gasteiger partial charge in [0.2, 0.25) is 0 Å². The summed E-state index contributed by atoms with van der Waals surface area (Å²) in [5, 5.41) is 3.46. The van der Waals surface area contributed by atoms with Gasteiger partial charge in [-0.05, 0) is 25.8 Å². The average Bonchev–Trinajstić information content (AvgIpc) is 2.25. The summed E-state index contributed by atoms with van der Waals surface area (Å²) in [5.74, 6) is 0. The van der Waals surface area contributed by atoms with E-state index in [0.717, 1.165) is 0 Å². The summed E-state index contributed by atoms with van der Waals surface area (Å²) in [6.45, 7) is 9.36. The summed E-state index contributed by atoms with van der Waals surface area (Å²) < 4.78 is 0. The van der Waals surface area contributed by atoms with Crippen LogP contribution in [0.2, 0.25) is 0 Å². The Balaban J connectivity index is 2.90. The van der Waals surface area contributed by atoms with E-state index in [4.69, 9.17) is 0 Å². The van der Waals surface area contributed by atoms with Crippen LogP contribution in [0, 0.1) is 0 Å². The van der Waals surface area contributed by atoms with Crippen molar-refractivity contribution >= 4 is 0 Å². The zero-order valence-electron chi connectivity index (χ0n) is 11.4. The monoisotopic (exact) mass is 225 g/mol. The first-order valence-electron chi connectivity index (χ1n) is 7.11. The lowest BCUT2D eigenvalue weighted by Crippen LogP contribution is -2.23. The molecule has 1 N–H and O–H groups in total. The first-order valence-corrected chi connectivity index (χ1v) is 7.11. The van der Waals surface area contributed by atoms with Crippen molar-refractivity contribution in [2.24, 2.45) is 0 Å². The second kappa shape index (κ2) is 12.8. The minimum Gasteiger partial charge on any atom is -0.315 e. The Morgan fingerprint density at radius 3 is 1.88 bits per heavy atom. The predicted octanol–water partition coefficient (Wildman–Crippen LogP) is 4.68. The van der Waals surface area contributed by atoms with Crippen LogP contribution in [-0.2, 0) is 0 Å². The summed E-state index contributed by atoms with van der Waals surface area (Å²) in [7, 11) is 0. The number of nitrogens with one attached hydrogen (secondary N) is 1. The largest absolute Gasteiger partial charge is 0.315 e. The van der Waals surface area contributed by atoms with Gasteiger partial charge in [-0.2, -0.15) is 0 Å². The van der Waals surface area contributed by atoms with Crippen molar-refractivity contribution in [1.29, 1.82) is 0 Å². The summed E-state index contributed by atoms with van der Waals surface area (Å²) in [6, 6.07) is 0.643. The fraction of sp³-hybridized carbons (Fsp3) is 0.867. The number of allylic oxidation sites excluding steroid dienone is 1. The van der Waals surface area contributed by atoms with Gasteiger partial charge in [-0.1, -0.05) is 58.4 Å². The quantitative estimate of drug-likeness (QED) is 0.375. The highest BCUT2D eigenvalue weighted by Crippen LogP contribution is 2.09. The van der Waals surface area contributed by atoms with Gasteiger partial charge in [0.25, 0.3) is 0 Å². The molecule has 0 aromatic carbocycles. The predicted molar refractivity (Wildman–Crippen MR) is 74.9 cm³/mol. The third-order valence-electron chi connectivity index (χ3n) is 2.89. The van der Waals surface area contributed by atoms with Crippen LogP contribution < -0.4 is 5.32 Å². The molecule has 0 fully saturated rings. The summed E-state index contributed by atoms with van der Waals surface area (Å²) in [6.07, 6.45) is 14.4. The zero-order chi connectivity index (χ0) is 12.1. The minimum atomic E-state index is 0.643. The molecular weight excluding hydrogens is 194 g/mol. The maximum Gasteiger partial charge on any atom is 0.00103 e. The van der Waals surface area contributed by atoms with Crippen molar-refractivity contribution in [1.82, 2.24) is 5.32 Å². The van der Waals surface area contributed by atoms with Gasteiger partial charge in [-0.15, -0.1) is 6.58 Å². The summed E-state index contributed by atoms with van der Waals surface area (Å²) in [4.78, 5) is 0. The molecule has 0 aromatic rings. The molecule has 0 aliphatic heterocycles. The van der Waals surface area contributed by atoms with Gasteiger partial charge in [0.15, 0.2) is 0 Å². The van der Waals surface area contributed by atoms with E-state index in [1.165, 1.54) is 64.3 Å². The maximum absolute atomic E-state index is 3.74. The lowest BCUT2D eigenvalue weighted by Gasteiger charge is -2.07. The van der Waals surface area contributed by atoms with Gasteiger partial charge in [-0.25, -0.2) is 0 Å². The van der Waals surface area contributed by atoms with Crippen LogP contribution in [0.3, 0.4) is 0 Å². The van der Waals surface area contributed by atoms with Crippen molar-refractivity contribution in [2.75, 3.05) is 6.54 Å². The lowest BCUT2D eigenvalue weighted by molar-refractivity contribution is 0.527. The number of hydrogen-bond acceptors (Lipinski definition) is 1. The van der Waals surface area contributed by atoms with Crippen molar-refractivity contribution in [3.8, 4) is 0 Å². The highest BCUT2D eigenvalue weighted by molar-refractivity contribution is 4.65. The van der Waals surface area contributed by atoms with E-state index < -0.39 is 0 Å². The molecule has 0 aromatic heterocycles. The van der Waals surface area contributed by atoms with Crippen LogP contribution >= 0.6 is 0 Å². The Hall–Kier alpha value is -0.300. The smallest absolute Gasteiger partial charge is 0.00103 e. The zero-order valence-corrected chi connectivity index (χ0v) is 11.4. The van der Waals surface area contributed by atoms with Crippen molar-refractivity contribution in [3.63, 3.8) is 0 Å². The Labute approximate surface area is 103 Å². The third-order valence-corrected chi connectivity index (χ3v) is 2.89. The van der Waals surface area contributed by atoms with Crippen molar-refractivity contribution in [3.05, 3.63) is 12.7 Å². The van der Waals surface area contributed by atoms with Gasteiger partial charge < -0.3 is 5.32 Å². The van der Waals surface area contributed by atoms with E-state index in [2.05, 4.69) is 25.7 Å². The number of rotatable bonds is 12. The molecule has 1 heteroatoms. The topological polar surface area (TPSA) is 12.0 Å². The van der Waals surface area contributed by atoms with Gasteiger partial charge in [0.05, 0.1) is 0 Å². The Kier molecular flexibility index (Phi) is 12.5. The van der Waals surface area contributed by atoms with Gasteiger partial charge in [0.1, 0.15) is 0 Å². The highest BCUT2D eigenvalue weighted by atomic mass is 14.9. The fourth-order valence-electron chi connectivity index (χ4n) is 1.87. The number of hydrogen-bond donors (Lipinski definition) is 1. The molecule has 0 spiro atoms. The van der Waals surface area contributed by atoms with E-state index in [0.29, 0.717) is 6.04 Å². The molecule has 0 saturated carbocycles. The van der Waals surface area contributed by atoms with Crippen molar-refractivity contribution < 1.29 is 0 Å². The van der Waals surface area contributed by atoms with E-state index >= 15 is 0 Å². The van der Waals surface area contributed by atoms with Crippen LogP contribution in [-0.4, -0.2) is 12.6 Å². The fourth-order valence-corrected chi connectivity index (χ4v) is 1.87. The van der Waals surface area contributed by atoms with Gasteiger partial charge in [0, 0.05) is 6.04 Å². The maximum atomic E-state index is 3.74. The standard InChI is InChI=1S/C15H31N/c1-4-5-6-7-8-9-10-11-12-13-14-16-15(2)3/h4,15-16H,1,5-14H2,2-3H3. The van der Waals surface area contributed by atoms with Crippen LogP contribution in [0.25, 0.3) is 0 Å². The lowest BCUT2D eigenvalue weighted by atomic mass is 10.1. The second-order valence-corrected chi connectivity index (χ2v) is 5.01. The molecule has 0 heterocycles. The molecule has 0 bridgehead atoms. The van der Waals surface area contributed by atoms with Crippen LogP contribution in [0.4, 0.5) is 0 Å². The molecule has 96 valence electrons. The first kappa shape index (κ1) is 15.7. The molecule has 0 atom stereocenters. The van der Waals surface area contributed by atoms with Crippen molar-refractivity contribution in [2.45, 2.75) is 77.7 Å².